The first-order valence-corrected chi connectivity index (χ1v) is 8.42. The van der Waals surface area contributed by atoms with Crippen LogP contribution in [0, 0.1) is 0 Å². The Morgan fingerprint density at radius 3 is 2.62 bits per heavy atom. The van der Waals surface area contributed by atoms with E-state index in [1.54, 1.807) is 0 Å². The summed E-state index contributed by atoms with van der Waals surface area (Å²) in [4.78, 5) is 2.35. The quantitative estimate of drug-likeness (QED) is 0.809. The molecule has 0 amide bonds. The average Bonchev–Trinajstić information content (AvgIpc) is 2.85. The number of morpholine rings is 1. The smallest absolute Gasteiger partial charge is 0.183 e. The number of nitrogens with one attached hydrogen (secondary N) is 1. The number of halogens is 2. The molecule has 112 valence electrons. The van der Waals surface area contributed by atoms with Gasteiger partial charge in [0, 0.05) is 13.1 Å². The first-order valence-electron chi connectivity index (χ1n) is 6.83. The Morgan fingerprint density at radius 2 is 1.90 bits per heavy atom. The van der Waals surface area contributed by atoms with Crippen LogP contribution in [0.4, 0.5) is 11.4 Å². The zero-order chi connectivity index (χ0) is 14.7. The fraction of sp³-hybridized carbons (Fsp3) is 0.333. The molecule has 1 aliphatic rings. The lowest BCUT2D eigenvalue weighted by Gasteiger charge is -2.30. The molecule has 1 fully saturated rings. The molecular weight excluding hydrogens is 400 g/mol. The van der Waals surface area contributed by atoms with Crippen LogP contribution in [0.3, 0.4) is 0 Å². The number of furan rings is 1. The predicted octanol–water partition coefficient (Wildman–Crippen LogP) is 4.25. The van der Waals surface area contributed by atoms with Crippen LogP contribution < -0.4 is 10.2 Å². The van der Waals surface area contributed by atoms with Crippen molar-refractivity contribution >= 4 is 43.2 Å². The van der Waals surface area contributed by atoms with Crippen molar-refractivity contribution in [2.45, 2.75) is 6.54 Å². The van der Waals surface area contributed by atoms with E-state index < -0.39 is 0 Å². The minimum atomic E-state index is 0.644. The highest BCUT2D eigenvalue weighted by atomic mass is 79.9. The van der Waals surface area contributed by atoms with Gasteiger partial charge in [-0.1, -0.05) is 12.1 Å². The summed E-state index contributed by atoms with van der Waals surface area (Å²) in [6.45, 7) is 4.07. The maximum atomic E-state index is 5.60. The van der Waals surface area contributed by atoms with Crippen LogP contribution in [0.2, 0.25) is 0 Å². The van der Waals surface area contributed by atoms with Gasteiger partial charge < -0.3 is 19.4 Å². The molecule has 2 aromatic rings. The second kappa shape index (κ2) is 6.85. The Hall–Kier alpha value is -0.980. The molecule has 0 radical (unpaired) electrons. The fourth-order valence-corrected chi connectivity index (χ4v) is 3.02. The van der Waals surface area contributed by atoms with Crippen molar-refractivity contribution < 1.29 is 9.15 Å². The standard InChI is InChI=1S/C15H16Br2N2O2/c16-12-9-11(21-15(12)17)10-18-13-3-1-2-4-14(13)19-5-7-20-8-6-19/h1-4,9,18H,5-8,10H2. The van der Waals surface area contributed by atoms with Crippen LogP contribution in [0.15, 0.2) is 43.9 Å². The third-order valence-electron chi connectivity index (χ3n) is 3.41. The number of para-hydroxylation sites is 2. The van der Waals surface area contributed by atoms with Crippen LogP contribution in [0.25, 0.3) is 0 Å². The molecule has 3 rings (SSSR count). The summed E-state index contributed by atoms with van der Waals surface area (Å²) < 4.78 is 12.7. The Labute approximate surface area is 140 Å². The Morgan fingerprint density at radius 1 is 1.14 bits per heavy atom. The van der Waals surface area contributed by atoms with Gasteiger partial charge in [0.25, 0.3) is 0 Å². The summed E-state index contributed by atoms with van der Waals surface area (Å²) in [7, 11) is 0. The molecule has 0 unspecified atom stereocenters. The van der Waals surface area contributed by atoms with Gasteiger partial charge in [0.05, 0.1) is 35.6 Å². The van der Waals surface area contributed by atoms with E-state index in [0.717, 1.165) is 46.9 Å². The van der Waals surface area contributed by atoms with E-state index in [9.17, 15) is 0 Å². The second-order valence-electron chi connectivity index (χ2n) is 4.80. The SMILES string of the molecule is Brc1cc(CNc2ccccc2N2CCOCC2)oc1Br. The van der Waals surface area contributed by atoms with Gasteiger partial charge in [-0.3, -0.25) is 0 Å². The molecule has 4 nitrogen and oxygen atoms in total. The van der Waals surface area contributed by atoms with Crippen molar-refractivity contribution in [3.8, 4) is 0 Å². The Balaban J connectivity index is 1.72. The molecule has 1 N–H and O–H groups in total. The van der Waals surface area contributed by atoms with Gasteiger partial charge in [-0.2, -0.15) is 0 Å². The second-order valence-corrected chi connectivity index (χ2v) is 6.38. The minimum absolute atomic E-state index is 0.644. The maximum absolute atomic E-state index is 5.60. The van der Waals surface area contributed by atoms with E-state index in [2.05, 4.69) is 60.3 Å². The van der Waals surface area contributed by atoms with Gasteiger partial charge in [-0.15, -0.1) is 0 Å². The molecule has 0 atom stereocenters. The number of nitrogens with zero attached hydrogens (tertiary/aromatic N) is 1. The lowest BCUT2D eigenvalue weighted by atomic mass is 10.2. The van der Waals surface area contributed by atoms with Crippen LogP contribution in [-0.2, 0) is 11.3 Å². The summed E-state index contributed by atoms with van der Waals surface area (Å²) in [5, 5.41) is 3.45. The summed E-state index contributed by atoms with van der Waals surface area (Å²) in [6, 6.07) is 10.3. The number of ether oxygens (including phenoxy) is 1. The van der Waals surface area contributed by atoms with E-state index in [-0.39, 0.29) is 0 Å². The van der Waals surface area contributed by atoms with Crippen molar-refractivity contribution in [2.24, 2.45) is 0 Å². The maximum Gasteiger partial charge on any atom is 0.183 e. The fourth-order valence-electron chi connectivity index (χ4n) is 2.36. The zero-order valence-corrected chi connectivity index (χ0v) is 14.6. The van der Waals surface area contributed by atoms with E-state index in [1.807, 2.05) is 12.1 Å². The van der Waals surface area contributed by atoms with E-state index in [1.165, 1.54) is 5.69 Å². The van der Waals surface area contributed by atoms with Gasteiger partial charge in [-0.25, -0.2) is 0 Å². The summed E-state index contributed by atoms with van der Waals surface area (Å²) >= 11 is 6.78. The van der Waals surface area contributed by atoms with Gasteiger partial charge in [0.2, 0.25) is 0 Å². The third-order valence-corrected chi connectivity index (χ3v) is 5.12. The summed E-state index contributed by atoms with van der Waals surface area (Å²) in [6.07, 6.45) is 0. The monoisotopic (exact) mass is 414 g/mol. The average molecular weight is 416 g/mol. The lowest BCUT2D eigenvalue weighted by Crippen LogP contribution is -2.36. The summed E-state index contributed by atoms with van der Waals surface area (Å²) in [5.74, 6) is 0.880. The van der Waals surface area contributed by atoms with E-state index in [4.69, 9.17) is 9.15 Å². The van der Waals surface area contributed by atoms with Gasteiger partial charge in [0.15, 0.2) is 4.67 Å². The first kappa shape index (κ1) is 14.9. The topological polar surface area (TPSA) is 37.6 Å². The number of hydrogen-bond acceptors (Lipinski definition) is 4. The normalized spacial score (nSPS) is 15.2. The summed E-state index contributed by atoms with van der Waals surface area (Å²) in [5.41, 5.74) is 2.33. The van der Waals surface area contributed by atoms with Crippen molar-refractivity contribution in [2.75, 3.05) is 36.5 Å². The highest BCUT2D eigenvalue weighted by Gasteiger charge is 2.14. The van der Waals surface area contributed by atoms with Gasteiger partial charge in [-0.05, 0) is 50.1 Å². The molecule has 0 aliphatic carbocycles. The largest absolute Gasteiger partial charge is 0.451 e. The number of benzene rings is 1. The molecule has 0 bridgehead atoms. The molecule has 6 heteroatoms. The Kier molecular flexibility index (Phi) is 4.87. The molecule has 1 aromatic carbocycles. The van der Waals surface area contributed by atoms with Crippen LogP contribution in [0.1, 0.15) is 5.76 Å². The first-order chi connectivity index (χ1) is 10.2. The lowest BCUT2D eigenvalue weighted by molar-refractivity contribution is 0.123. The van der Waals surface area contributed by atoms with Crippen molar-refractivity contribution in [3.63, 3.8) is 0 Å². The van der Waals surface area contributed by atoms with E-state index in [0.29, 0.717) is 6.54 Å². The predicted molar refractivity (Wildman–Crippen MR) is 90.9 cm³/mol. The number of rotatable bonds is 4. The molecule has 1 aromatic heterocycles. The molecule has 0 saturated carbocycles. The number of hydrogen-bond donors (Lipinski definition) is 1. The minimum Gasteiger partial charge on any atom is -0.451 e. The van der Waals surface area contributed by atoms with Crippen LogP contribution >= 0.6 is 31.9 Å². The van der Waals surface area contributed by atoms with Crippen LogP contribution in [0.5, 0.6) is 0 Å². The Bertz CT molecular complexity index is 590. The molecule has 1 saturated heterocycles. The van der Waals surface area contributed by atoms with Gasteiger partial charge >= 0.3 is 0 Å². The number of anilines is 2. The molecule has 21 heavy (non-hydrogen) atoms. The molecular formula is C15H16Br2N2O2. The molecule has 0 spiro atoms. The van der Waals surface area contributed by atoms with Crippen molar-refractivity contribution in [3.05, 3.63) is 45.2 Å². The van der Waals surface area contributed by atoms with Gasteiger partial charge in [0.1, 0.15) is 5.76 Å². The molecule has 2 heterocycles. The van der Waals surface area contributed by atoms with Crippen molar-refractivity contribution in [1.82, 2.24) is 0 Å². The highest BCUT2D eigenvalue weighted by molar-refractivity contribution is 9.13. The zero-order valence-electron chi connectivity index (χ0n) is 11.4. The van der Waals surface area contributed by atoms with Crippen molar-refractivity contribution in [1.29, 1.82) is 0 Å². The van der Waals surface area contributed by atoms with E-state index >= 15 is 0 Å². The molecule has 1 aliphatic heterocycles. The van der Waals surface area contributed by atoms with Crippen LogP contribution in [-0.4, -0.2) is 26.3 Å². The highest BCUT2D eigenvalue weighted by Crippen LogP contribution is 2.29. The third kappa shape index (κ3) is 3.62.